The molecular formula is C16H16O4. The SMILES string of the molecule is Cc1occc1C(=O)c1ccc2c(c1)OCC(C)CO2. The Morgan fingerprint density at radius 1 is 1.15 bits per heavy atom. The van der Waals surface area contributed by atoms with Crippen molar-refractivity contribution in [3.8, 4) is 11.5 Å². The summed E-state index contributed by atoms with van der Waals surface area (Å²) in [6, 6.07) is 6.97. The first-order valence-electron chi connectivity index (χ1n) is 6.63. The lowest BCUT2D eigenvalue weighted by Gasteiger charge is -2.08. The number of carbonyl (C=O) groups excluding carboxylic acids is 1. The van der Waals surface area contributed by atoms with E-state index in [1.165, 1.54) is 6.26 Å². The Labute approximate surface area is 117 Å². The third-order valence-electron chi connectivity index (χ3n) is 3.36. The van der Waals surface area contributed by atoms with Crippen LogP contribution in [0.15, 0.2) is 34.9 Å². The molecule has 0 saturated carbocycles. The van der Waals surface area contributed by atoms with Crippen LogP contribution in [0.2, 0.25) is 0 Å². The second kappa shape index (κ2) is 5.04. The van der Waals surface area contributed by atoms with Crippen LogP contribution in [0.25, 0.3) is 0 Å². The number of hydrogen-bond acceptors (Lipinski definition) is 4. The zero-order valence-corrected chi connectivity index (χ0v) is 11.5. The number of ether oxygens (including phenoxy) is 2. The molecule has 0 radical (unpaired) electrons. The average Bonchev–Trinajstić information content (AvgIpc) is 2.79. The van der Waals surface area contributed by atoms with E-state index in [4.69, 9.17) is 13.9 Å². The molecular weight excluding hydrogens is 256 g/mol. The quantitative estimate of drug-likeness (QED) is 0.787. The van der Waals surface area contributed by atoms with Gasteiger partial charge in [-0.2, -0.15) is 0 Å². The lowest BCUT2D eigenvalue weighted by atomic mass is 10.0. The van der Waals surface area contributed by atoms with Crippen LogP contribution in [0.5, 0.6) is 11.5 Å². The maximum atomic E-state index is 12.4. The van der Waals surface area contributed by atoms with Crippen molar-refractivity contribution < 1.29 is 18.7 Å². The van der Waals surface area contributed by atoms with Crippen LogP contribution in [0.3, 0.4) is 0 Å². The summed E-state index contributed by atoms with van der Waals surface area (Å²) in [6.45, 7) is 5.06. The molecule has 0 saturated heterocycles. The highest BCUT2D eigenvalue weighted by Gasteiger charge is 2.19. The lowest BCUT2D eigenvalue weighted by molar-refractivity contribution is 0.103. The third-order valence-corrected chi connectivity index (χ3v) is 3.36. The zero-order chi connectivity index (χ0) is 14.1. The highest BCUT2D eigenvalue weighted by atomic mass is 16.5. The van der Waals surface area contributed by atoms with Gasteiger partial charge < -0.3 is 13.9 Å². The summed E-state index contributed by atoms with van der Waals surface area (Å²) >= 11 is 0. The van der Waals surface area contributed by atoms with Crippen molar-refractivity contribution >= 4 is 5.78 Å². The fourth-order valence-electron chi connectivity index (χ4n) is 2.17. The molecule has 1 aromatic carbocycles. The summed E-state index contributed by atoms with van der Waals surface area (Å²) in [4.78, 5) is 12.4. The molecule has 0 amide bonds. The number of aryl methyl sites for hydroxylation is 1. The largest absolute Gasteiger partial charge is 0.489 e. The van der Waals surface area contributed by atoms with Crippen molar-refractivity contribution in [2.75, 3.05) is 13.2 Å². The Balaban J connectivity index is 1.93. The Morgan fingerprint density at radius 2 is 1.90 bits per heavy atom. The van der Waals surface area contributed by atoms with Gasteiger partial charge in [-0.25, -0.2) is 0 Å². The van der Waals surface area contributed by atoms with Crippen LogP contribution in [-0.2, 0) is 0 Å². The first-order chi connectivity index (χ1) is 9.65. The van der Waals surface area contributed by atoms with Crippen LogP contribution in [0.4, 0.5) is 0 Å². The molecule has 4 heteroatoms. The van der Waals surface area contributed by atoms with E-state index in [-0.39, 0.29) is 5.78 Å². The molecule has 1 aliphatic heterocycles. The summed E-state index contributed by atoms with van der Waals surface area (Å²) in [5.74, 6) is 2.20. The van der Waals surface area contributed by atoms with Crippen molar-refractivity contribution in [3.63, 3.8) is 0 Å². The van der Waals surface area contributed by atoms with Gasteiger partial charge in [-0.15, -0.1) is 0 Å². The van der Waals surface area contributed by atoms with Crippen LogP contribution in [0.1, 0.15) is 28.6 Å². The molecule has 0 bridgehead atoms. The minimum atomic E-state index is -0.0695. The van der Waals surface area contributed by atoms with E-state index in [0.29, 0.717) is 47.5 Å². The Hall–Kier alpha value is -2.23. The summed E-state index contributed by atoms with van der Waals surface area (Å²) in [5, 5.41) is 0. The van der Waals surface area contributed by atoms with Gasteiger partial charge in [-0.1, -0.05) is 6.92 Å². The smallest absolute Gasteiger partial charge is 0.196 e. The lowest BCUT2D eigenvalue weighted by Crippen LogP contribution is -2.12. The standard InChI is InChI=1S/C16H16O4/c1-10-8-19-14-4-3-12(7-15(14)20-9-10)16(17)13-5-6-18-11(13)2/h3-7,10H,8-9H2,1-2H3. The topological polar surface area (TPSA) is 48.7 Å². The zero-order valence-electron chi connectivity index (χ0n) is 11.5. The normalized spacial score (nSPS) is 17.6. The van der Waals surface area contributed by atoms with Crippen LogP contribution < -0.4 is 9.47 Å². The molecule has 4 nitrogen and oxygen atoms in total. The van der Waals surface area contributed by atoms with Crippen molar-refractivity contribution in [3.05, 3.63) is 47.4 Å². The number of fused-ring (bicyclic) bond motifs is 1. The molecule has 0 aliphatic carbocycles. The predicted octanol–water partition coefficient (Wildman–Crippen LogP) is 3.23. The van der Waals surface area contributed by atoms with E-state index in [9.17, 15) is 4.79 Å². The van der Waals surface area contributed by atoms with Crippen LogP contribution in [0, 0.1) is 12.8 Å². The minimum absolute atomic E-state index is 0.0695. The van der Waals surface area contributed by atoms with Crippen LogP contribution in [-0.4, -0.2) is 19.0 Å². The number of hydrogen-bond donors (Lipinski definition) is 0. The summed E-state index contributed by atoms with van der Waals surface area (Å²) < 4.78 is 16.5. The molecule has 0 fully saturated rings. The van der Waals surface area contributed by atoms with Gasteiger partial charge in [0, 0.05) is 11.5 Å². The van der Waals surface area contributed by atoms with Gasteiger partial charge in [-0.05, 0) is 31.2 Å². The molecule has 2 aromatic rings. The van der Waals surface area contributed by atoms with Crippen LogP contribution >= 0.6 is 0 Å². The van der Waals surface area contributed by atoms with E-state index >= 15 is 0 Å². The van der Waals surface area contributed by atoms with Gasteiger partial charge in [0.15, 0.2) is 17.3 Å². The number of rotatable bonds is 2. The molecule has 1 unspecified atom stereocenters. The Kier molecular flexibility index (Phi) is 3.22. The first-order valence-corrected chi connectivity index (χ1v) is 6.63. The fraction of sp³-hybridized carbons (Fsp3) is 0.312. The van der Waals surface area contributed by atoms with E-state index in [1.807, 2.05) is 0 Å². The first kappa shape index (κ1) is 12.8. The summed E-state index contributed by atoms with van der Waals surface area (Å²) in [5.41, 5.74) is 1.15. The molecule has 2 heterocycles. The maximum Gasteiger partial charge on any atom is 0.196 e. The Bertz CT molecular complexity index is 642. The van der Waals surface area contributed by atoms with E-state index in [1.54, 1.807) is 31.2 Å². The van der Waals surface area contributed by atoms with Gasteiger partial charge in [0.2, 0.25) is 0 Å². The number of furan rings is 1. The molecule has 3 rings (SSSR count). The molecule has 0 N–H and O–H groups in total. The van der Waals surface area contributed by atoms with Crippen molar-refractivity contribution in [2.45, 2.75) is 13.8 Å². The number of benzene rings is 1. The molecule has 1 aromatic heterocycles. The number of carbonyl (C=O) groups is 1. The molecule has 1 atom stereocenters. The van der Waals surface area contributed by atoms with Crippen molar-refractivity contribution in [1.29, 1.82) is 0 Å². The molecule has 0 spiro atoms. The van der Waals surface area contributed by atoms with Gasteiger partial charge in [0.25, 0.3) is 0 Å². The summed E-state index contributed by atoms with van der Waals surface area (Å²) in [6.07, 6.45) is 1.52. The highest BCUT2D eigenvalue weighted by Crippen LogP contribution is 2.32. The van der Waals surface area contributed by atoms with Crippen molar-refractivity contribution in [2.24, 2.45) is 5.92 Å². The molecule has 20 heavy (non-hydrogen) atoms. The van der Waals surface area contributed by atoms with E-state index < -0.39 is 0 Å². The molecule has 104 valence electrons. The van der Waals surface area contributed by atoms with Gasteiger partial charge in [-0.3, -0.25) is 4.79 Å². The Morgan fingerprint density at radius 3 is 2.60 bits per heavy atom. The number of ketones is 1. The van der Waals surface area contributed by atoms with Gasteiger partial charge in [0.1, 0.15) is 5.76 Å². The third kappa shape index (κ3) is 2.29. The summed E-state index contributed by atoms with van der Waals surface area (Å²) in [7, 11) is 0. The maximum absolute atomic E-state index is 12.4. The second-order valence-electron chi connectivity index (χ2n) is 5.11. The average molecular weight is 272 g/mol. The minimum Gasteiger partial charge on any atom is -0.489 e. The predicted molar refractivity (Wildman–Crippen MR) is 73.5 cm³/mol. The second-order valence-corrected chi connectivity index (χ2v) is 5.11. The van der Waals surface area contributed by atoms with Gasteiger partial charge in [0.05, 0.1) is 25.0 Å². The van der Waals surface area contributed by atoms with Crippen molar-refractivity contribution in [1.82, 2.24) is 0 Å². The highest BCUT2D eigenvalue weighted by molar-refractivity contribution is 6.09. The van der Waals surface area contributed by atoms with E-state index in [0.717, 1.165) is 0 Å². The fourth-order valence-corrected chi connectivity index (χ4v) is 2.17. The molecule has 1 aliphatic rings. The monoisotopic (exact) mass is 272 g/mol. The van der Waals surface area contributed by atoms with E-state index in [2.05, 4.69) is 6.92 Å². The van der Waals surface area contributed by atoms with Gasteiger partial charge >= 0.3 is 0 Å².